The highest BCUT2D eigenvalue weighted by molar-refractivity contribution is 6.54. The molecule has 0 aliphatic rings. The van der Waals surface area contributed by atoms with E-state index >= 15 is 0 Å². The van der Waals surface area contributed by atoms with Crippen LogP contribution in [0.4, 0.5) is 0 Å². The van der Waals surface area contributed by atoms with Gasteiger partial charge in [0.25, 0.3) is 0 Å². The SMILES string of the molecule is CCCC(C)(C(=O)O)[SiH](OC)OC. The molecule has 0 saturated heterocycles. The largest absolute Gasteiger partial charge is 0.481 e. The highest BCUT2D eigenvalue weighted by Crippen LogP contribution is 2.35. The van der Waals surface area contributed by atoms with Gasteiger partial charge in [-0.1, -0.05) is 13.3 Å². The van der Waals surface area contributed by atoms with Gasteiger partial charge in [0.2, 0.25) is 0 Å². The first kappa shape index (κ1) is 12.6. The average Bonchev–Trinajstić information content (AvgIpc) is 2.06. The lowest BCUT2D eigenvalue weighted by molar-refractivity contribution is -0.141. The van der Waals surface area contributed by atoms with Gasteiger partial charge < -0.3 is 14.0 Å². The second-order valence-electron chi connectivity index (χ2n) is 3.28. The Morgan fingerprint density at radius 3 is 2.15 bits per heavy atom. The van der Waals surface area contributed by atoms with Gasteiger partial charge in [0.05, 0.1) is 0 Å². The van der Waals surface area contributed by atoms with Crippen molar-refractivity contribution in [2.45, 2.75) is 31.7 Å². The van der Waals surface area contributed by atoms with E-state index in [0.717, 1.165) is 6.42 Å². The predicted molar refractivity (Wildman–Crippen MR) is 52.1 cm³/mol. The minimum atomic E-state index is -2.10. The van der Waals surface area contributed by atoms with E-state index in [1.807, 2.05) is 6.92 Å². The molecule has 13 heavy (non-hydrogen) atoms. The standard InChI is InChI=1S/C8H18O4Si/c1-5-6-8(2,7(9)10)13(11-3)12-4/h13H,5-6H2,1-4H3,(H,9,10). The molecule has 0 saturated carbocycles. The lowest BCUT2D eigenvalue weighted by Crippen LogP contribution is -2.40. The summed E-state index contributed by atoms with van der Waals surface area (Å²) >= 11 is 0. The van der Waals surface area contributed by atoms with Gasteiger partial charge >= 0.3 is 15.3 Å². The van der Waals surface area contributed by atoms with Crippen LogP contribution in [0.25, 0.3) is 0 Å². The molecule has 0 spiro atoms. The number of hydrogen-bond acceptors (Lipinski definition) is 3. The number of aliphatic carboxylic acids is 1. The maximum absolute atomic E-state index is 11.0. The van der Waals surface area contributed by atoms with Crippen LogP contribution < -0.4 is 0 Å². The normalized spacial score (nSPS) is 15.8. The molecule has 4 nitrogen and oxygen atoms in total. The maximum atomic E-state index is 11.0. The monoisotopic (exact) mass is 206 g/mol. The minimum Gasteiger partial charge on any atom is -0.481 e. The molecule has 0 bridgehead atoms. The Morgan fingerprint density at radius 1 is 1.46 bits per heavy atom. The van der Waals surface area contributed by atoms with Crippen LogP contribution in [-0.4, -0.2) is 34.6 Å². The lowest BCUT2D eigenvalue weighted by atomic mass is 10.1. The Balaban J connectivity index is 4.64. The third-order valence-corrected chi connectivity index (χ3v) is 4.64. The van der Waals surface area contributed by atoms with Gasteiger partial charge in [-0.15, -0.1) is 0 Å². The number of rotatable bonds is 6. The summed E-state index contributed by atoms with van der Waals surface area (Å²) in [7, 11) is 0.925. The Morgan fingerprint density at radius 2 is 1.92 bits per heavy atom. The molecule has 0 heterocycles. The fourth-order valence-electron chi connectivity index (χ4n) is 1.46. The molecule has 0 amide bonds. The first-order chi connectivity index (χ1) is 6.02. The van der Waals surface area contributed by atoms with Gasteiger partial charge in [0.15, 0.2) is 0 Å². The summed E-state index contributed by atoms with van der Waals surface area (Å²) in [5.41, 5.74) is 0. The van der Waals surface area contributed by atoms with Crippen LogP contribution in [0.15, 0.2) is 0 Å². The second kappa shape index (κ2) is 5.36. The smallest absolute Gasteiger partial charge is 0.338 e. The van der Waals surface area contributed by atoms with Crippen molar-refractivity contribution in [1.82, 2.24) is 0 Å². The zero-order valence-corrected chi connectivity index (χ0v) is 9.82. The lowest BCUT2D eigenvalue weighted by Gasteiger charge is -2.29. The molecule has 0 rings (SSSR count). The van der Waals surface area contributed by atoms with Crippen molar-refractivity contribution in [2.75, 3.05) is 14.2 Å². The summed E-state index contributed by atoms with van der Waals surface area (Å²) in [6.07, 6.45) is 1.42. The van der Waals surface area contributed by atoms with Crippen molar-refractivity contribution in [3.05, 3.63) is 0 Å². The zero-order valence-electron chi connectivity index (χ0n) is 8.66. The maximum Gasteiger partial charge on any atom is 0.338 e. The molecule has 1 unspecified atom stereocenters. The number of hydrogen-bond donors (Lipinski definition) is 1. The highest BCUT2D eigenvalue weighted by Gasteiger charge is 2.44. The molecule has 1 N–H and O–H groups in total. The predicted octanol–water partition coefficient (Wildman–Crippen LogP) is 1.14. The Hall–Kier alpha value is -0.393. The average molecular weight is 206 g/mol. The van der Waals surface area contributed by atoms with E-state index in [1.165, 1.54) is 14.2 Å². The molecule has 0 aromatic rings. The van der Waals surface area contributed by atoms with Crippen molar-refractivity contribution in [3.63, 3.8) is 0 Å². The van der Waals surface area contributed by atoms with Crippen LogP contribution >= 0.6 is 0 Å². The fraction of sp³-hybridized carbons (Fsp3) is 0.875. The van der Waals surface area contributed by atoms with Crippen molar-refractivity contribution in [3.8, 4) is 0 Å². The summed E-state index contributed by atoms with van der Waals surface area (Å²) in [5.74, 6) is -0.824. The number of carboxylic acids is 1. The third kappa shape index (κ3) is 2.79. The molecule has 0 aliphatic heterocycles. The molecule has 0 fully saturated rings. The molecule has 5 heteroatoms. The summed E-state index contributed by atoms with van der Waals surface area (Å²) in [6.45, 7) is 3.65. The van der Waals surface area contributed by atoms with Crippen LogP contribution in [0.1, 0.15) is 26.7 Å². The van der Waals surface area contributed by atoms with Crippen LogP contribution in [0.3, 0.4) is 0 Å². The topological polar surface area (TPSA) is 55.8 Å². The van der Waals surface area contributed by atoms with Crippen molar-refractivity contribution in [2.24, 2.45) is 0 Å². The van der Waals surface area contributed by atoms with E-state index in [1.54, 1.807) is 6.92 Å². The summed E-state index contributed by atoms with van der Waals surface area (Å²) in [4.78, 5) is 11.0. The minimum absolute atomic E-state index is 0.598. The molecular weight excluding hydrogens is 188 g/mol. The first-order valence-corrected chi connectivity index (χ1v) is 5.84. The van der Waals surface area contributed by atoms with E-state index < -0.39 is 20.3 Å². The third-order valence-electron chi connectivity index (χ3n) is 2.21. The van der Waals surface area contributed by atoms with E-state index in [2.05, 4.69) is 0 Å². The van der Waals surface area contributed by atoms with Gasteiger partial charge in [-0.2, -0.15) is 0 Å². The highest BCUT2D eigenvalue weighted by atomic mass is 28.3. The summed E-state index contributed by atoms with van der Waals surface area (Å²) in [5, 5.41) is 8.25. The van der Waals surface area contributed by atoms with E-state index in [0.29, 0.717) is 6.42 Å². The van der Waals surface area contributed by atoms with Gasteiger partial charge in [-0.05, 0) is 13.3 Å². The molecule has 78 valence electrons. The van der Waals surface area contributed by atoms with Crippen LogP contribution in [0.5, 0.6) is 0 Å². The quantitative estimate of drug-likeness (QED) is 0.662. The van der Waals surface area contributed by atoms with Crippen LogP contribution in [-0.2, 0) is 13.6 Å². The molecule has 1 atom stereocenters. The summed E-state index contributed by atoms with van der Waals surface area (Å²) in [6, 6.07) is 0. The van der Waals surface area contributed by atoms with Crippen LogP contribution in [0.2, 0.25) is 5.04 Å². The molecule has 0 aromatic carbocycles. The van der Waals surface area contributed by atoms with E-state index in [-0.39, 0.29) is 0 Å². The molecule has 0 aliphatic carbocycles. The van der Waals surface area contributed by atoms with Gasteiger partial charge in [-0.3, -0.25) is 4.79 Å². The van der Waals surface area contributed by atoms with Crippen molar-refractivity contribution >= 4 is 15.3 Å². The molecule has 0 radical (unpaired) electrons. The molecular formula is C8H18O4Si. The number of carbonyl (C=O) groups is 1. The number of carboxylic acid groups (broad SMARTS) is 1. The van der Waals surface area contributed by atoms with Crippen molar-refractivity contribution < 1.29 is 18.8 Å². The van der Waals surface area contributed by atoms with E-state index in [4.69, 9.17) is 14.0 Å². The van der Waals surface area contributed by atoms with Crippen molar-refractivity contribution in [1.29, 1.82) is 0 Å². The van der Waals surface area contributed by atoms with Gasteiger partial charge in [0, 0.05) is 14.2 Å². The van der Waals surface area contributed by atoms with Crippen LogP contribution in [0, 0.1) is 0 Å². The first-order valence-electron chi connectivity index (χ1n) is 4.31. The van der Waals surface area contributed by atoms with E-state index in [9.17, 15) is 4.79 Å². The zero-order chi connectivity index (χ0) is 10.5. The molecule has 0 aromatic heterocycles. The fourth-order valence-corrected chi connectivity index (χ4v) is 3.42. The Kier molecular flexibility index (Phi) is 5.20. The van der Waals surface area contributed by atoms with Gasteiger partial charge in [0.1, 0.15) is 5.04 Å². The van der Waals surface area contributed by atoms with Gasteiger partial charge in [-0.25, -0.2) is 0 Å². The second-order valence-corrected chi connectivity index (χ2v) is 6.16. The summed E-state index contributed by atoms with van der Waals surface area (Å²) < 4.78 is 10.2. The Labute approximate surface area is 80.7 Å². The Bertz CT molecular complexity index is 170.